The van der Waals surface area contributed by atoms with Gasteiger partial charge in [0.25, 0.3) is 0 Å². The normalized spacial score (nSPS) is 14.4. The molecule has 0 aliphatic carbocycles. The van der Waals surface area contributed by atoms with E-state index in [0.29, 0.717) is 6.17 Å². The predicted octanol–water partition coefficient (Wildman–Crippen LogP) is 18.2. The standard InChI is InChI=1S/C51H102N2/c1-4-7-10-13-16-19-22-24-26-28-30-33-36-39-42-45-48-53-50-49-52(51(53)46-43-40-37-34-31-21-18-15-12-9-6-3)47-44-41-38-35-32-29-27-25-23-20-17-14-11-8-5-2/h49-51H,4-48H2,1-3H3. The van der Waals surface area contributed by atoms with Crippen molar-refractivity contribution in [2.24, 2.45) is 0 Å². The molecular formula is C51H102N2. The van der Waals surface area contributed by atoms with Crippen molar-refractivity contribution in [3.63, 3.8) is 0 Å². The molecule has 0 saturated carbocycles. The van der Waals surface area contributed by atoms with Crippen LogP contribution in [-0.2, 0) is 0 Å². The minimum Gasteiger partial charge on any atom is -0.356 e. The quantitative estimate of drug-likeness (QED) is 0.0573. The SMILES string of the molecule is CCCCCCCCCCCCCCCCCCN1C=CN(CCCCCCCCCCCCCCCCC)C1CCCCCCCCCCCCC. The van der Waals surface area contributed by atoms with Crippen LogP contribution in [0.1, 0.15) is 297 Å². The molecule has 0 spiro atoms. The second-order valence-corrected chi connectivity index (χ2v) is 17.8. The van der Waals surface area contributed by atoms with Crippen LogP contribution in [-0.4, -0.2) is 29.1 Å². The Morgan fingerprint density at radius 3 is 0.660 bits per heavy atom. The highest BCUT2D eigenvalue weighted by Crippen LogP contribution is 2.24. The minimum absolute atomic E-state index is 0.636. The largest absolute Gasteiger partial charge is 0.356 e. The summed E-state index contributed by atoms with van der Waals surface area (Å²) in [7, 11) is 0. The Bertz CT molecular complexity index is 702. The molecule has 1 heterocycles. The van der Waals surface area contributed by atoms with Crippen LogP contribution in [0.5, 0.6) is 0 Å². The van der Waals surface area contributed by atoms with Gasteiger partial charge in [0.2, 0.25) is 0 Å². The van der Waals surface area contributed by atoms with E-state index in [1.807, 2.05) is 0 Å². The number of nitrogens with zero attached hydrogens (tertiary/aromatic N) is 2. The fraction of sp³-hybridized carbons (Fsp3) is 0.961. The molecule has 1 unspecified atom stereocenters. The van der Waals surface area contributed by atoms with Gasteiger partial charge in [-0.25, -0.2) is 0 Å². The van der Waals surface area contributed by atoms with Crippen molar-refractivity contribution in [2.75, 3.05) is 13.1 Å². The second-order valence-electron chi connectivity index (χ2n) is 17.8. The molecule has 1 atom stereocenters. The van der Waals surface area contributed by atoms with Crippen molar-refractivity contribution in [1.29, 1.82) is 0 Å². The van der Waals surface area contributed by atoms with Crippen molar-refractivity contribution in [3.8, 4) is 0 Å². The first-order valence-electron chi connectivity index (χ1n) is 25.5. The Morgan fingerprint density at radius 1 is 0.245 bits per heavy atom. The number of unbranched alkanes of at least 4 members (excludes halogenated alkanes) is 39. The first-order chi connectivity index (χ1) is 26.3. The summed E-state index contributed by atoms with van der Waals surface area (Å²) in [4.78, 5) is 5.48. The summed E-state index contributed by atoms with van der Waals surface area (Å²) in [6.07, 6.45) is 67.9. The highest BCUT2D eigenvalue weighted by atomic mass is 15.4. The Labute approximate surface area is 337 Å². The molecule has 2 nitrogen and oxygen atoms in total. The Morgan fingerprint density at radius 2 is 0.434 bits per heavy atom. The van der Waals surface area contributed by atoms with Crippen LogP contribution in [0.25, 0.3) is 0 Å². The highest BCUT2D eigenvalue weighted by molar-refractivity contribution is 4.97. The molecular weight excluding hydrogens is 641 g/mol. The fourth-order valence-corrected chi connectivity index (χ4v) is 8.84. The number of rotatable bonds is 45. The van der Waals surface area contributed by atoms with E-state index in [0.717, 1.165) is 0 Å². The Balaban J connectivity index is 2.18. The Kier molecular flexibility index (Phi) is 40.4. The maximum Gasteiger partial charge on any atom is 0.101 e. The highest BCUT2D eigenvalue weighted by Gasteiger charge is 2.25. The lowest BCUT2D eigenvalue weighted by Crippen LogP contribution is -2.39. The van der Waals surface area contributed by atoms with Gasteiger partial charge in [0.1, 0.15) is 6.17 Å². The van der Waals surface area contributed by atoms with Crippen molar-refractivity contribution in [2.45, 2.75) is 303 Å². The van der Waals surface area contributed by atoms with Crippen LogP contribution < -0.4 is 0 Å². The lowest BCUT2D eigenvalue weighted by atomic mass is 10.0. The molecule has 53 heavy (non-hydrogen) atoms. The monoisotopic (exact) mass is 743 g/mol. The van der Waals surface area contributed by atoms with Crippen LogP contribution in [0.4, 0.5) is 0 Å². The molecule has 1 aliphatic rings. The molecule has 0 aromatic rings. The third kappa shape index (κ3) is 34.3. The third-order valence-corrected chi connectivity index (χ3v) is 12.6. The molecule has 0 aromatic carbocycles. The first-order valence-corrected chi connectivity index (χ1v) is 25.5. The van der Waals surface area contributed by atoms with Gasteiger partial charge in [0.15, 0.2) is 0 Å². The maximum atomic E-state index is 2.74. The average molecular weight is 743 g/mol. The van der Waals surface area contributed by atoms with Crippen molar-refractivity contribution in [3.05, 3.63) is 12.4 Å². The maximum absolute atomic E-state index is 2.74. The van der Waals surface area contributed by atoms with Crippen molar-refractivity contribution < 1.29 is 0 Å². The van der Waals surface area contributed by atoms with E-state index in [1.54, 1.807) is 0 Å². The molecule has 1 rings (SSSR count). The predicted molar refractivity (Wildman–Crippen MR) is 242 cm³/mol. The van der Waals surface area contributed by atoms with Crippen LogP contribution in [0, 0.1) is 0 Å². The summed E-state index contributed by atoms with van der Waals surface area (Å²) >= 11 is 0. The van der Waals surface area contributed by atoms with Crippen LogP contribution >= 0.6 is 0 Å². The molecule has 0 amide bonds. The Hall–Kier alpha value is -0.660. The summed E-state index contributed by atoms with van der Waals surface area (Å²) < 4.78 is 0. The smallest absolute Gasteiger partial charge is 0.101 e. The van der Waals surface area contributed by atoms with Gasteiger partial charge >= 0.3 is 0 Å². The summed E-state index contributed by atoms with van der Waals surface area (Å²) in [5, 5.41) is 0. The van der Waals surface area contributed by atoms with Gasteiger partial charge in [-0.05, 0) is 25.7 Å². The average Bonchev–Trinajstić information content (AvgIpc) is 3.55. The van der Waals surface area contributed by atoms with E-state index >= 15 is 0 Å². The zero-order chi connectivity index (χ0) is 38.0. The lowest BCUT2D eigenvalue weighted by Gasteiger charge is -2.33. The van der Waals surface area contributed by atoms with Gasteiger partial charge in [-0.3, -0.25) is 0 Å². The molecule has 0 saturated heterocycles. The molecule has 0 aromatic heterocycles. The second kappa shape index (κ2) is 42.5. The van der Waals surface area contributed by atoms with Gasteiger partial charge < -0.3 is 9.80 Å². The lowest BCUT2D eigenvalue weighted by molar-refractivity contribution is 0.135. The molecule has 0 fully saturated rings. The molecule has 0 radical (unpaired) electrons. The van der Waals surface area contributed by atoms with E-state index < -0.39 is 0 Å². The molecule has 1 aliphatic heterocycles. The van der Waals surface area contributed by atoms with E-state index in [2.05, 4.69) is 43.0 Å². The van der Waals surface area contributed by atoms with Crippen LogP contribution in [0.3, 0.4) is 0 Å². The van der Waals surface area contributed by atoms with Crippen LogP contribution in [0.2, 0.25) is 0 Å². The zero-order valence-corrected chi connectivity index (χ0v) is 37.4. The number of hydrogen-bond acceptors (Lipinski definition) is 2. The van der Waals surface area contributed by atoms with Gasteiger partial charge in [0.05, 0.1) is 0 Å². The number of hydrogen-bond donors (Lipinski definition) is 0. The van der Waals surface area contributed by atoms with Crippen molar-refractivity contribution >= 4 is 0 Å². The minimum atomic E-state index is 0.636. The van der Waals surface area contributed by atoms with E-state index in [-0.39, 0.29) is 0 Å². The third-order valence-electron chi connectivity index (χ3n) is 12.6. The molecule has 2 heteroatoms. The van der Waals surface area contributed by atoms with Gasteiger partial charge in [-0.2, -0.15) is 0 Å². The van der Waals surface area contributed by atoms with E-state index in [1.165, 1.54) is 289 Å². The summed E-state index contributed by atoms with van der Waals surface area (Å²) in [6, 6.07) is 0. The van der Waals surface area contributed by atoms with Crippen molar-refractivity contribution in [1.82, 2.24) is 9.80 Å². The van der Waals surface area contributed by atoms with E-state index in [4.69, 9.17) is 0 Å². The summed E-state index contributed by atoms with van der Waals surface area (Å²) in [5.74, 6) is 0. The molecule has 316 valence electrons. The first kappa shape index (κ1) is 50.4. The zero-order valence-electron chi connectivity index (χ0n) is 37.4. The fourth-order valence-electron chi connectivity index (χ4n) is 8.84. The summed E-state index contributed by atoms with van der Waals surface area (Å²) in [6.45, 7) is 9.50. The topological polar surface area (TPSA) is 6.48 Å². The van der Waals surface area contributed by atoms with Crippen LogP contribution in [0.15, 0.2) is 12.4 Å². The van der Waals surface area contributed by atoms with Gasteiger partial charge in [0, 0.05) is 25.5 Å². The van der Waals surface area contributed by atoms with Gasteiger partial charge in [-0.15, -0.1) is 0 Å². The van der Waals surface area contributed by atoms with E-state index in [9.17, 15) is 0 Å². The molecule has 0 bridgehead atoms. The summed E-state index contributed by atoms with van der Waals surface area (Å²) in [5.41, 5.74) is 0. The molecule has 0 N–H and O–H groups in total. The van der Waals surface area contributed by atoms with Gasteiger partial charge in [-0.1, -0.05) is 271 Å².